The molecule has 1 fully saturated rings. The van der Waals surface area contributed by atoms with E-state index in [-0.39, 0.29) is 22.4 Å². The molecule has 25 heavy (non-hydrogen) atoms. The summed E-state index contributed by atoms with van der Waals surface area (Å²) in [6.07, 6.45) is 2.21. The Labute approximate surface area is 146 Å². The van der Waals surface area contributed by atoms with Crippen molar-refractivity contribution in [3.05, 3.63) is 59.2 Å². The fourth-order valence-corrected chi connectivity index (χ4v) is 3.19. The Morgan fingerprint density at radius 1 is 1.00 bits per heavy atom. The summed E-state index contributed by atoms with van der Waals surface area (Å²) >= 11 is 0. The number of hydrogen-bond acceptors (Lipinski definition) is 4. The molecule has 3 rings (SSSR count). The highest BCUT2D eigenvalue weighted by Crippen LogP contribution is 2.30. The van der Waals surface area contributed by atoms with E-state index in [0.29, 0.717) is 5.92 Å². The maximum absolute atomic E-state index is 12.7. The van der Waals surface area contributed by atoms with Crippen LogP contribution < -0.4 is 4.90 Å². The molecule has 130 valence electrons. The summed E-state index contributed by atoms with van der Waals surface area (Å²) in [5.74, 6) is -1.07. The Kier molecular flexibility index (Phi) is 4.74. The molecule has 0 aliphatic carbocycles. The van der Waals surface area contributed by atoms with Crippen molar-refractivity contribution >= 4 is 17.4 Å². The SMILES string of the molecule is CC1CCN(c2ccc(C(=O)c3ccccc3C(=O)O)c(O)c2)CC1. The van der Waals surface area contributed by atoms with E-state index in [9.17, 15) is 19.8 Å². The van der Waals surface area contributed by atoms with Gasteiger partial charge >= 0.3 is 5.97 Å². The van der Waals surface area contributed by atoms with Crippen LogP contribution in [0.2, 0.25) is 0 Å². The smallest absolute Gasteiger partial charge is 0.336 e. The van der Waals surface area contributed by atoms with Crippen LogP contribution in [0.4, 0.5) is 5.69 Å². The normalized spacial score (nSPS) is 15.2. The number of benzene rings is 2. The number of ketones is 1. The predicted octanol–water partition coefficient (Wildman–Crippen LogP) is 3.56. The van der Waals surface area contributed by atoms with Crippen molar-refractivity contribution in [2.75, 3.05) is 18.0 Å². The van der Waals surface area contributed by atoms with E-state index in [1.807, 2.05) is 6.07 Å². The molecule has 0 amide bonds. The molecule has 1 aliphatic rings. The van der Waals surface area contributed by atoms with Crippen molar-refractivity contribution in [3.8, 4) is 5.75 Å². The summed E-state index contributed by atoms with van der Waals surface area (Å²) in [4.78, 5) is 26.2. The molecular weight excluding hydrogens is 318 g/mol. The van der Waals surface area contributed by atoms with E-state index in [2.05, 4.69) is 11.8 Å². The lowest BCUT2D eigenvalue weighted by molar-refractivity contribution is 0.0692. The Bertz CT molecular complexity index is 807. The van der Waals surface area contributed by atoms with Gasteiger partial charge in [-0.25, -0.2) is 4.79 Å². The molecule has 5 heteroatoms. The lowest BCUT2D eigenvalue weighted by Gasteiger charge is -2.32. The number of nitrogens with zero attached hydrogens (tertiary/aromatic N) is 1. The summed E-state index contributed by atoms with van der Waals surface area (Å²) in [6.45, 7) is 4.09. The second-order valence-corrected chi connectivity index (χ2v) is 6.55. The van der Waals surface area contributed by atoms with Gasteiger partial charge in [0.1, 0.15) is 5.75 Å². The van der Waals surface area contributed by atoms with Crippen LogP contribution in [-0.2, 0) is 0 Å². The minimum atomic E-state index is -1.16. The van der Waals surface area contributed by atoms with Gasteiger partial charge in [0.2, 0.25) is 0 Å². The average Bonchev–Trinajstić information content (AvgIpc) is 2.61. The molecule has 5 nitrogen and oxygen atoms in total. The third kappa shape index (κ3) is 3.50. The Balaban J connectivity index is 1.89. The van der Waals surface area contributed by atoms with E-state index >= 15 is 0 Å². The van der Waals surface area contributed by atoms with Crippen LogP contribution in [0.15, 0.2) is 42.5 Å². The number of phenols is 1. The highest BCUT2D eigenvalue weighted by molar-refractivity contribution is 6.15. The number of carbonyl (C=O) groups is 2. The standard InChI is InChI=1S/C20H21NO4/c1-13-8-10-21(11-9-13)14-6-7-17(18(22)12-14)19(23)15-4-2-3-5-16(15)20(24)25/h2-7,12-13,22H,8-11H2,1H3,(H,24,25). The number of rotatable bonds is 4. The Hall–Kier alpha value is -2.82. The Morgan fingerprint density at radius 3 is 2.24 bits per heavy atom. The monoisotopic (exact) mass is 339 g/mol. The number of aromatic carboxylic acids is 1. The topological polar surface area (TPSA) is 77.8 Å². The fourth-order valence-electron chi connectivity index (χ4n) is 3.19. The third-order valence-electron chi connectivity index (χ3n) is 4.78. The van der Waals surface area contributed by atoms with E-state index in [1.54, 1.807) is 24.3 Å². The second-order valence-electron chi connectivity index (χ2n) is 6.55. The van der Waals surface area contributed by atoms with Crippen molar-refractivity contribution in [3.63, 3.8) is 0 Å². The van der Waals surface area contributed by atoms with Crippen LogP contribution in [0, 0.1) is 5.92 Å². The number of anilines is 1. The molecular formula is C20H21NO4. The van der Waals surface area contributed by atoms with Gasteiger partial charge in [-0.05, 0) is 37.0 Å². The number of hydrogen-bond donors (Lipinski definition) is 2. The molecule has 1 aliphatic heterocycles. The van der Waals surface area contributed by atoms with Gasteiger partial charge in [0.25, 0.3) is 0 Å². The molecule has 0 bridgehead atoms. The minimum Gasteiger partial charge on any atom is -0.507 e. The summed E-state index contributed by atoms with van der Waals surface area (Å²) in [7, 11) is 0. The summed E-state index contributed by atoms with van der Waals surface area (Å²) in [5.41, 5.74) is 1.00. The maximum Gasteiger partial charge on any atom is 0.336 e. The summed E-state index contributed by atoms with van der Waals surface area (Å²) < 4.78 is 0. The van der Waals surface area contributed by atoms with Gasteiger partial charge in [-0.3, -0.25) is 4.79 Å². The first-order valence-electron chi connectivity index (χ1n) is 8.42. The van der Waals surface area contributed by atoms with Crippen molar-refractivity contribution < 1.29 is 19.8 Å². The zero-order valence-electron chi connectivity index (χ0n) is 14.1. The van der Waals surface area contributed by atoms with Crippen LogP contribution in [0.25, 0.3) is 0 Å². The van der Waals surface area contributed by atoms with Crippen LogP contribution in [0.5, 0.6) is 5.75 Å². The van der Waals surface area contributed by atoms with Crippen LogP contribution in [0.3, 0.4) is 0 Å². The number of carbonyl (C=O) groups excluding carboxylic acids is 1. The van der Waals surface area contributed by atoms with E-state index in [1.165, 1.54) is 12.1 Å². The second kappa shape index (κ2) is 6.97. The lowest BCUT2D eigenvalue weighted by Crippen LogP contribution is -2.32. The molecule has 0 saturated carbocycles. The first kappa shape index (κ1) is 17.0. The zero-order chi connectivity index (χ0) is 18.0. The van der Waals surface area contributed by atoms with Gasteiger partial charge < -0.3 is 15.1 Å². The number of piperidine rings is 1. The molecule has 0 radical (unpaired) electrons. The molecule has 1 saturated heterocycles. The Morgan fingerprint density at radius 2 is 1.64 bits per heavy atom. The maximum atomic E-state index is 12.7. The van der Waals surface area contributed by atoms with Crippen molar-refractivity contribution in [1.29, 1.82) is 0 Å². The number of phenolic OH excluding ortho intramolecular Hbond substituents is 1. The van der Waals surface area contributed by atoms with E-state index in [0.717, 1.165) is 31.6 Å². The van der Waals surface area contributed by atoms with Gasteiger partial charge in [-0.1, -0.05) is 25.1 Å². The van der Waals surface area contributed by atoms with E-state index in [4.69, 9.17) is 0 Å². The molecule has 0 spiro atoms. The van der Waals surface area contributed by atoms with Crippen molar-refractivity contribution in [1.82, 2.24) is 0 Å². The number of carboxylic acid groups (broad SMARTS) is 1. The van der Waals surface area contributed by atoms with Gasteiger partial charge in [-0.15, -0.1) is 0 Å². The number of aromatic hydroxyl groups is 1. The van der Waals surface area contributed by atoms with Gasteiger partial charge in [-0.2, -0.15) is 0 Å². The first-order chi connectivity index (χ1) is 12.0. The third-order valence-corrected chi connectivity index (χ3v) is 4.78. The van der Waals surface area contributed by atoms with Crippen LogP contribution >= 0.6 is 0 Å². The molecule has 0 unspecified atom stereocenters. The molecule has 1 heterocycles. The molecule has 0 atom stereocenters. The number of carboxylic acids is 1. The highest BCUT2D eigenvalue weighted by atomic mass is 16.4. The lowest BCUT2D eigenvalue weighted by atomic mass is 9.96. The fraction of sp³-hybridized carbons (Fsp3) is 0.300. The quantitative estimate of drug-likeness (QED) is 0.833. The zero-order valence-corrected chi connectivity index (χ0v) is 14.1. The van der Waals surface area contributed by atoms with Crippen LogP contribution in [-0.4, -0.2) is 35.1 Å². The molecule has 2 aromatic rings. The average molecular weight is 339 g/mol. The largest absolute Gasteiger partial charge is 0.507 e. The van der Waals surface area contributed by atoms with Gasteiger partial charge in [0.05, 0.1) is 11.1 Å². The van der Waals surface area contributed by atoms with Crippen molar-refractivity contribution in [2.45, 2.75) is 19.8 Å². The van der Waals surface area contributed by atoms with E-state index < -0.39 is 11.8 Å². The summed E-state index contributed by atoms with van der Waals surface area (Å²) in [6, 6.07) is 11.0. The van der Waals surface area contributed by atoms with Crippen LogP contribution in [0.1, 0.15) is 46.0 Å². The minimum absolute atomic E-state index is 0.0685. The predicted molar refractivity (Wildman–Crippen MR) is 95.6 cm³/mol. The molecule has 2 aromatic carbocycles. The molecule has 2 N–H and O–H groups in total. The highest BCUT2D eigenvalue weighted by Gasteiger charge is 2.22. The van der Waals surface area contributed by atoms with Gasteiger partial charge in [0.15, 0.2) is 5.78 Å². The summed E-state index contributed by atoms with van der Waals surface area (Å²) in [5, 5.41) is 19.6. The molecule has 0 aromatic heterocycles. The van der Waals surface area contributed by atoms with Gasteiger partial charge in [0, 0.05) is 30.4 Å². The van der Waals surface area contributed by atoms with Crippen molar-refractivity contribution in [2.24, 2.45) is 5.92 Å². The first-order valence-corrected chi connectivity index (χ1v) is 8.42.